The lowest BCUT2D eigenvalue weighted by Crippen LogP contribution is -2.22. The van der Waals surface area contributed by atoms with Gasteiger partial charge in [-0.3, -0.25) is 4.79 Å². The van der Waals surface area contributed by atoms with Gasteiger partial charge in [-0.1, -0.05) is 11.6 Å². The first-order valence-electron chi connectivity index (χ1n) is 5.72. The maximum atomic E-state index is 12.1. The molecule has 0 saturated carbocycles. The standard InChI is InChI=1S/C12H17ClN2O3S/c1-15(2)12(16)4-3-7-19(17,18)11-8-9(13)5-6-10(11)14/h5-6,8H,3-4,7,14H2,1-2H3. The Balaban J connectivity index is 2.77. The van der Waals surface area contributed by atoms with Gasteiger partial charge in [0, 0.05) is 25.5 Å². The summed E-state index contributed by atoms with van der Waals surface area (Å²) in [6, 6.07) is 4.33. The number of halogens is 1. The van der Waals surface area contributed by atoms with Gasteiger partial charge in [0.05, 0.1) is 16.3 Å². The number of nitrogens with zero attached hydrogens (tertiary/aromatic N) is 1. The van der Waals surface area contributed by atoms with Crippen molar-refractivity contribution in [3.8, 4) is 0 Å². The summed E-state index contributed by atoms with van der Waals surface area (Å²) >= 11 is 5.77. The van der Waals surface area contributed by atoms with E-state index in [2.05, 4.69) is 0 Å². The second kappa shape index (κ2) is 6.25. The zero-order chi connectivity index (χ0) is 14.6. The Labute approximate surface area is 118 Å². The minimum Gasteiger partial charge on any atom is -0.398 e. The van der Waals surface area contributed by atoms with Gasteiger partial charge in [-0.15, -0.1) is 0 Å². The number of rotatable bonds is 5. The molecule has 7 heteroatoms. The number of nitrogen functional groups attached to an aromatic ring is 1. The molecule has 0 spiro atoms. The van der Waals surface area contributed by atoms with Crippen LogP contribution in [0.3, 0.4) is 0 Å². The van der Waals surface area contributed by atoms with Gasteiger partial charge in [0.15, 0.2) is 9.84 Å². The fourth-order valence-electron chi connectivity index (χ4n) is 1.52. The predicted octanol–water partition coefficient (Wildman–Crippen LogP) is 1.56. The molecule has 0 aliphatic rings. The molecule has 0 atom stereocenters. The lowest BCUT2D eigenvalue weighted by Gasteiger charge is -2.11. The summed E-state index contributed by atoms with van der Waals surface area (Å²) in [5, 5.41) is 0.317. The molecule has 1 rings (SSSR count). The molecule has 0 unspecified atom stereocenters. The van der Waals surface area contributed by atoms with E-state index in [1.165, 1.54) is 23.1 Å². The van der Waals surface area contributed by atoms with Crippen molar-refractivity contribution in [3.05, 3.63) is 23.2 Å². The van der Waals surface area contributed by atoms with Gasteiger partial charge in [-0.05, 0) is 24.6 Å². The van der Waals surface area contributed by atoms with Crippen LogP contribution in [0, 0.1) is 0 Å². The van der Waals surface area contributed by atoms with Crippen LogP contribution < -0.4 is 5.73 Å². The van der Waals surface area contributed by atoms with Gasteiger partial charge < -0.3 is 10.6 Å². The fraction of sp³-hybridized carbons (Fsp3) is 0.417. The normalized spacial score (nSPS) is 11.3. The van der Waals surface area contributed by atoms with E-state index >= 15 is 0 Å². The third kappa shape index (κ3) is 4.40. The van der Waals surface area contributed by atoms with E-state index in [1.54, 1.807) is 14.1 Å². The molecule has 0 fully saturated rings. The first-order valence-corrected chi connectivity index (χ1v) is 7.75. The van der Waals surface area contributed by atoms with Crippen LogP contribution in [0.4, 0.5) is 5.69 Å². The van der Waals surface area contributed by atoms with E-state index in [9.17, 15) is 13.2 Å². The maximum Gasteiger partial charge on any atom is 0.222 e. The van der Waals surface area contributed by atoms with E-state index in [4.69, 9.17) is 17.3 Å². The Morgan fingerprint density at radius 2 is 2.00 bits per heavy atom. The molecule has 0 saturated heterocycles. The Morgan fingerprint density at radius 3 is 2.58 bits per heavy atom. The molecule has 1 aromatic carbocycles. The van der Waals surface area contributed by atoms with Crippen molar-refractivity contribution >= 4 is 33.0 Å². The lowest BCUT2D eigenvalue weighted by atomic mass is 10.3. The largest absolute Gasteiger partial charge is 0.398 e. The van der Waals surface area contributed by atoms with E-state index < -0.39 is 9.84 Å². The summed E-state index contributed by atoms with van der Waals surface area (Å²) in [5.41, 5.74) is 5.81. The third-order valence-corrected chi connectivity index (χ3v) is 4.70. The van der Waals surface area contributed by atoms with Crippen LogP contribution >= 0.6 is 11.6 Å². The number of amides is 1. The first-order chi connectivity index (χ1) is 8.74. The summed E-state index contributed by atoms with van der Waals surface area (Å²) in [7, 11) is -0.254. The van der Waals surface area contributed by atoms with Gasteiger partial charge in [0.1, 0.15) is 0 Å². The van der Waals surface area contributed by atoms with Crippen LogP contribution in [0.15, 0.2) is 23.1 Å². The highest BCUT2D eigenvalue weighted by molar-refractivity contribution is 7.91. The summed E-state index contributed by atoms with van der Waals surface area (Å²) < 4.78 is 24.2. The summed E-state index contributed by atoms with van der Waals surface area (Å²) in [4.78, 5) is 12.8. The van der Waals surface area contributed by atoms with E-state index in [0.717, 1.165) is 0 Å². The first kappa shape index (κ1) is 15.8. The van der Waals surface area contributed by atoms with E-state index in [-0.39, 0.29) is 35.1 Å². The Morgan fingerprint density at radius 1 is 1.37 bits per heavy atom. The van der Waals surface area contributed by atoms with Crippen LogP contribution in [0.5, 0.6) is 0 Å². The van der Waals surface area contributed by atoms with Crippen molar-refractivity contribution in [3.63, 3.8) is 0 Å². The number of nitrogens with two attached hydrogens (primary N) is 1. The Hall–Kier alpha value is -1.27. The van der Waals surface area contributed by atoms with Gasteiger partial charge >= 0.3 is 0 Å². The molecule has 0 bridgehead atoms. The SMILES string of the molecule is CN(C)C(=O)CCCS(=O)(=O)c1cc(Cl)ccc1N. The molecule has 0 aliphatic heterocycles. The number of carbonyl (C=O) groups excluding carboxylic acids is 1. The van der Waals surface area contributed by atoms with Crippen molar-refractivity contribution in [1.29, 1.82) is 0 Å². The Bertz CT molecular complexity index is 570. The highest BCUT2D eigenvalue weighted by Crippen LogP contribution is 2.24. The van der Waals surface area contributed by atoms with Gasteiger partial charge in [0.2, 0.25) is 5.91 Å². The van der Waals surface area contributed by atoms with Crippen molar-refractivity contribution in [1.82, 2.24) is 4.90 Å². The number of hydrogen-bond acceptors (Lipinski definition) is 4. The molecule has 106 valence electrons. The molecule has 0 radical (unpaired) electrons. The van der Waals surface area contributed by atoms with Crippen molar-refractivity contribution < 1.29 is 13.2 Å². The lowest BCUT2D eigenvalue weighted by molar-refractivity contribution is -0.128. The number of anilines is 1. The molecule has 5 nitrogen and oxygen atoms in total. The number of sulfone groups is 1. The molecule has 2 N–H and O–H groups in total. The van der Waals surface area contributed by atoms with E-state index in [1.807, 2.05) is 0 Å². The molecule has 19 heavy (non-hydrogen) atoms. The summed E-state index contributed by atoms with van der Waals surface area (Å²) in [6.07, 6.45) is 0.442. The topological polar surface area (TPSA) is 80.5 Å². The maximum absolute atomic E-state index is 12.1. The highest BCUT2D eigenvalue weighted by Gasteiger charge is 2.18. The van der Waals surface area contributed by atoms with Crippen LogP contribution in [-0.4, -0.2) is 39.1 Å². The van der Waals surface area contributed by atoms with Crippen molar-refractivity contribution in [2.75, 3.05) is 25.6 Å². The second-order valence-electron chi connectivity index (χ2n) is 4.39. The minimum atomic E-state index is -3.52. The van der Waals surface area contributed by atoms with Crippen LogP contribution in [-0.2, 0) is 14.6 Å². The third-order valence-electron chi connectivity index (χ3n) is 2.61. The van der Waals surface area contributed by atoms with Crippen LogP contribution in [0.1, 0.15) is 12.8 Å². The van der Waals surface area contributed by atoms with E-state index in [0.29, 0.717) is 5.02 Å². The van der Waals surface area contributed by atoms with Gasteiger partial charge in [-0.25, -0.2) is 8.42 Å². The molecule has 0 aromatic heterocycles. The van der Waals surface area contributed by atoms with Crippen molar-refractivity contribution in [2.24, 2.45) is 0 Å². The average molecular weight is 305 g/mol. The number of benzene rings is 1. The average Bonchev–Trinajstić information content (AvgIpc) is 2.31. The second-order valence-corrected chi connectivity index (χ2v) is 6.91. The fourth-order valence-corrected chi connectivity index (χ4v) is 3.24. The molecule has 0 aliphatic carbocycles. The summed E-state index contributed by atoms with van der Waals surface area (Å²) in [5.74, 6) is -0.230. The monoisotopic (exact) mass is 304 g/mol. The zero-order valence-corrected chi connectivity index (χ0v) is 12.5. The zero-order valence-electron chi connectivity index (χ0n) is 10.9. The molecular weight excluding hydrogens is 288 g/mol. The number of hydrogen-bond donors (Lipinski definition) is 1. The van der Waals surface area contributed by atoms with Gasteiger partial charge in [-0.2, -0.15) is 0 Å². The smallest absolute Gasteiger partial charge is 0.222 e. The number of carbonyl (C=O) groups is 1. The molecule has 0 heterocycles. The molecule has 1 aromatic rings. The van der Waals surface area contributed by atoms with Crippen LogP contribution in [0.25, 0.3) is 0 Å². The predicted molar refractivity (Wildman–Crippen MR) is 75.8 cm³/mol. The van der Waals surface area contributed by atoms with Crippen LogP contribution in [0.2, 0.25) is 5.02 Å². The quantitative estimate of drug-likeness (QED) is 0.837. The molecular formula is C12H17ClN2O3S. The Kier molecular flexibility index (Phi) is 5.20. The van der Waals surface area contributed by atoms with Crippen molar-refractivity contribution in [2.45, 2.75) is 17.7 Å². The molecule has 1 amide bonds. The van der Waals surface area contributed by atoms with Gasteiger partial charge in [0.25, 0.3) is 0 Å². The minimum absolute atomic E-state index is 0.0253. The highest BCUT2D eigenvalue weighted by atomic mass is 35.5. The summed E-state index contributed by atoms with van der Waals surface area (Å²) in [6.45, 7) is 0.